The van der Waals surface area contributed by atoms with Crippen molar-refractivity contribution in [1.29, 1.82) is 0 Å². The number of benzene rings is 1. The summed E-state index contributed by atoms with van der Waals surface area (Å²) in [7, 11) is 0. The second-order valence-electron chi connectivity index (χ2n) is 7.12. The largest absolute Gasteiger partial charge is 0.351 e. The van der Waals surface area contributed by atoms with E-state index in [0.717, 1.165) is 22.8 Å². The lowest BCUT2D eigenvalue weighted by atomic mass is 9.96. The van der Waals surface area contributed by atoms with Crippen LogP contribution in [0.4, 0.5) is 17.5 Å². The van der Waals surface area contributed by atoms with Gasteiger partial charge in [-0.2, -0.15) is 4.98 Å². The van der Waals surface area contributed by atoms with E-state index in [9.17, 15) is 0 Å². The van der Waals surface area contributed by atoms with Crippen LogP contribution in [0, 0.1) is 6.92 Å². The van der Waals surface area contributed by atoms with Crippen molar-refractivity contribution < 1.29 is 0 Å². The third-order valence-electron chi connectivity index (χ3n) is 5.03. The Balaban J connectivity index is 1.66. The van der Waals surface area contributed by atoms with Gasteiger partial charge in [-0.15, -0.1) is 0 Å². The summed E-state index contributed by atoms with van der Waals surface area (Å²) in [5.41, 5.74) is 4.09. The normalized spacial score (nSPS) is 14.7. The molecule has 1 aliphatic carbocycles. The maximum absolute atomic E-state index is 4.76. The third kappa shape index (κ3) is 4.42. The van der Waals surface area contributed by atoms with E-state index >= 15 is 0 Å². The van der Waals surface area contributed by atoms with Gasteiger partial charge >= 0.3 is 0 Å². The first-order valence-corrected chi connectivity index (χ1v) is 9.66. The Morgan fingerprint density at radius 2 is 1.81 bits per heavy atom. The van der Waals surface area contributed by atoms with Crippen LogP contribution in [0.25, 0.3) is 11.3 Å². The first-order valence-electron chi connectivity index (χ1n) is 9.66. The molecule has 0 bridgehead atoms. The summed E-state index contributed by atoms with van der Waals surface area (Å²) >= 11 is 0. The fourth-order valence-electron chi connectivity index (χ4n) is 3.52. The molecule has 4 rings (SSSR count). The molecule has 0 radical (unpaired) electrons. The summed E-state index contributed by atoms with van der Waals surface area (Å²) in [6.45, 7) is 2.09. The number of pyridine rings is 1. The van der Waals surface area contributed by atoms with Crippen LogP contribution in [-0.2, 0) is 0 Å². The minimum absolute atomic E-state index is 0.453. The van der Waals surface area contributed by atoms with E-state index in [0.29, 0.717) is 12.0 Å². The summed E-state index contributed by atoms with van der Waals surface area (Å²) in [5, 5.41) is 7.00. The van der Waals surface area contributed by atoms with Gasteiger partial charge in [-0.1, -0.05) is 37.5 Å². The number of aryl methyl sites for hydroxylation is 1. The average Bonchev–Trinajstić information content (AvgIpc) is 2.71. The molecule has 27 heavy (non-hydrogen) atoms. The van der Waals surface area contributed by atoms with Crippen LogP contribution >= 0.6 is 0 Å². The minimum Gasteiger partial charge on any atom is -0.351 e. The predicted molar refractivity (Wildman–Crippen MR) is 110 cm³/mol. The lowest BCUT2D eigenvalue weighted by molar-refractivity contribution is 0.461. The Bertz CT molecular complexity index is 888. The van der Waals surface area contributed by atoms with Gasteiger partial charge in [0.25, 0.3) is 0 Å². The molecule has 138 valence electrons. The van der Waals surface area contributed by atoms with Crippen LogP contribution in [-0.4, -0.2) is 21.0 Å². The summed E-state index contributed by atoms with van der Waals surface area (Å²) < 4.78 is 0. The van der Waals surface area contributed by atoms with E-state index in [1.165, 1.54) is 37.7 Å². The van der Waals surface area contributed by atoms with Crippen molar-refractivity contribution in [3.63, 3.8) is 0 Å². The quantitative estimate of drug-likeness (QED) is 0.644. The summed E-state index contributed by atoms with van der Waals surface area (Å²) in [6.07, 6.45) is 9.85. The number of hydrogen-bond acceptors (Lipinski definition) is 5. The molecule has 0 spiro atoms. The van der Waals surface area contributed by atoms with Gasteiger partial charge in [0.1, 0.15) is 5.82 Å². The van der Waals surface area contributed by atoms with E-state index in [1.54, 1.807) is 6.20 Å². The molecule has 1 aliphatic rings. The summed E-state index contributed by atoms with van der Waals surface area (Å²) in [4.78, 5) is 13.7. The molecular formula is C22H25N5. The molecule has 0 atom stereocenters. The Morgan fingerprint density at radius 1 is 0.963 bits per heavy atom. The van der Waals surface area contributed by atoms with Crippen LogP contribution < -0.4 is 10.6 Å². The zero-order chi connectivity index (χ0) is 18.5. The van der Waals surface area contributed by atoms with Crippen molar-refractivity contribution in [2.45, 2.75) is 45.1 Å². The first kappa shape index (κ1) is 17.5. The van der Waals surface area contributed by atoms with Gasteiger partial charge in [-0.25, -0.2) is 4.98 Å². The SMILES string of the molecule is Cc1ccccc1Nc1cc(-c2cccnc2)nc(NC2CCCCC2)n1. The van der Waals surface area contributed by atoms with Gasteiger partial charge in [0.2, 0.25) is 5.95 Å². The van der Waals surface area contributed by atoms with Crippen molar-refractivity contribution in [3.05, 3.63) is 60.4 Å². The van der Waals surface area contributed by atoms with Crippen LogP contribution in [0.1, 0.15) is 37.7 Å². The minimum atomic E-state index is 0.453. The van der Waals surface area contributed by atoms with Gasteiger partial charge in [0.05, 0.1) is 5.69 Å². The highest BCUT2D eigenvalue weighted by molar-refractivity contribution is 5.68. The van der Waals surface area contributed by atoms with Gasteiger partial charge in [0.15, 0.2) is 0 Å². The molecule has 0 unspecified atom stereocenters. The van der Waals surface area contributed by atoms with Gasteiger partial charge < -0.3 is 10.6 Å². The molecule has 2 aromatic heterocycles. The topological polar surface area (TPSA) is 62.7 Å². The Kier molecular flexibility index (Phi) is 5.28. The van der Waals surface area contributed by atoms with Crippen molar-refractivity contribution >= 4 is 17.5 Å². The maximum atomic E-state index is 4.76. The molecular weight excluding hydrogens is 334 g/mol. The monoisotopic (exact) mass is 359 g/mol. The molecule has 0 amide bonds. The zero-order valence-electron chi connectivity index (χ0n) is 15.7. The Hall–Kier alpha value is -2.95. The third-order valence-corrected chi connectivity index (χ3v) is 5.03. The van der Waals surface area contributed by atoms with Crippen LogP contribution in [0.5, 0.6) is 0 Å². The summed E-state index contributed by atoms with van der Waals surface area (Å²) in [5.74, 6) is 1.47. The number of nitrogens with one attached hydrogen (secondary N) is 2. The molecule has 0 saturated heterocycles. The predicted octanol–water partition coefficient (Wildman–Crippen LogP) is 5.34. The van der Waals surface area contributed by atoms with Crippen LogP contribution in [0.15, 0.2) is 54.9 Å². The lowest BCUT2D eigenvalue weighted by Crippen LogP contribution is -2.23. The van der Waals surface area contributed by atoms with E-state index in [4.69, 9.17) is 9.97 Å². The second-order valence-corrected chi connectivity index (χ2v) is 7.12. The molecule has 1 saturated carbocycles. The molecule has 2 heterocycles. The van der Waals surface area contributed by atoms with Gasteiger partial charge in [-0.05, 0) is 43.5 Å². The lowest BCUT2D eigenvalue weighted by Gasteiger charge is -2.23. The average molecular weight is 359 g/mol. The van der Waals surface area contributed by atoms with E-state index in [1.807, 2.05) is 36.5 Å². The highest BCUT2D eigenvalue weighted by atomic mass is 15.2. The molecule has 1 aromatic carbocycles. The second kappa shape index (κ2) is 8.16. The molecule has 0 aliphatic heterocycles. The maximum Gasteiger partial charge on any atom is 0.225 e. The van der Waals surface area contributed by atoms with Gasteiger partial charge in [0, 0.05) is 35.8 Å². The summed E-state index contributed by atoms with van der Waals surface area (Å²) in [6, 6.07) is 14.6. The van der Waals surface area contributed by atoms with E-state index < -0.39 is 0 Å². The van der Waals surface area contributed by atoms with Crippen molar-refractivity contribution in [2.24, 2.45) is 0 Å². The van der Waals surface area contributed by atoms with Crippen molar-refractivity contribution in [1.82, 2.24) is 15.0 Å². The fourth-order valence-corrected chi connectivity index (χ4v) is 3.52. The highest BCUT2D eigenvalue weighted by Crippen LogP contribution is 2.26. The number of rotatable bonds is 5. The Labute approximate surface area is 160 Å². The van der Waals surface area contributed by atoms with E-state index in [2.05, 4.69) is 34.7 Å². The van der Waals surface area contributed by atoms with E-state index in [-0.39, 0.29) is 0 Å². The van der Waals surface area contributed by atoms with Gasteiger partial charge in [-0.3, -0.25) is 4.98 Å². The molecule has 5 heteroatoms. The number of hydrogen-bond donors (Lipinski definition) is 2. The number of aromatic nitrogens is 3. The standard InChI is InChI=1S/C22H25N5/c1-16-8-5-6-12-19(16)25-21-14-20(17-9-7-13-23-15-17)26-22(27-21)24-18-10-3-2-4-11-18/h5-9,12-15,18H,2-4,10-11H2,1H3,(H2,24,25,26,27). The van der Waals surface area contributed by atoms with Crippen LogP contribution in [0.2, 0.25) is 0 Å². The first-order chi connectivity index (χ1) is 13.3. The van der Waals surface area contributed by atoms with Crippen molar-refractivity contribution in [2.75, 3.05) is 10.6 Å². The smallest absolute Gasteiger partial charge is 0.225 e. The Morgan fingerprint density at radius 3 is 2.59 bits per heavy atom. The molecule has 5 nitrogen and oxygen atoms in total. The molecule has 1 fully saturated rings. The number of anilines is 3. The number of para-hydroxylation sites is 1. The molecule has 3 aromatic rings. The van der Waals surface area contributed by atoms with Crippen molar-refractivity contribution in [3.8, 4) is 11.3 Å². The number of nitrogens with zero attached hydrogens (tertiary/aromatic N) is 3. The zero-order valence-corrected chi connectivity index (χ0v) is 15.7. The van der Waals surface area contributed by atoms with Crippen LogP contribution in [0.3, 0.4) is 0 Å². The fraction of sp³-hybridized carbons (Fsp3) is 0.318. The highest BCUT2D eigenvalue weighted by Gasteiger charge is 2.16. The molecule has 2 N–H and O–H groups in total.